The van der Waals surface area contributed by atoms with Crippen molar-refractivity contribution < 1.29 is 13.2 Å². The van der Waals surface area contributed by atoms with Gasteiger partial charge in [0.1, 0.15) is 4.99 Å². The Kier molecular flexibility index (Phi) is 5.76. The molecule has 0 spiro atoms. The van der Waals surface area contributed by atoms with Crippen LogP contribution in [0.5, 0.6) is 0 Å². The largest absolute Gasteiger partial charge is 0.416 e. The minimum Gasteiger partial charge on any atom is -0.389 e. The fourth-order valence-corrected chi connectivity index (χ4v) is 1.87. The summed E-state index contributed by atoms with van der Waals surface area (Å²) in [6, 6.07) is 3.37. The molecule has 0 aliphatic rings. The van der Waals surface area contributed by atoms with E-state index in [1.807, 2.05) is 19.0 Å². The van der Waals surface area contributed by atoms with Crippen LogP contribution in [-0.2, 0) is 6.18 Å². The summed E-state index contributed by atoms with van der Waals surface area (Å²) in [6.45, 7) is 1.52. The first-order valence-electron chi connectivity index (χ1n) is 6.11. The summed E-state index contributed by atoms with van der Waals surface area (Å²) in [5.41, 5.74) is 5.50. The van der Waals surface area contributed by atoms with E-state index < -0.39 is 11.7 Å². The fraction of sp³-hybridized carbons (Fsp3) is 0.462. The highest BCUT2D eigenvalue weighted by Gasteiger charge is 2.31. The summed E-state index contributed by atoms with van der Waals surface area (Å²) < 4.78 is 37.9. The van der Waals surface area contributed by atoms with Gasteiger partial charge in [-0.1, -0.05) is 12.2 Å². The first-order chi connectivity index (χ1) is 9.21. The lowest BCUT2D eigenvalue weighted by atomic mass is 10.1. The summed E-state index contributed by atoms with van der Waals surface area (Å²) in [5, 5.41) is 3.07. The van der Waals surface area contributed by atoms with Crippen LogP contribution in [0.25, 0.3) is 0 Å². The highest BCUT2D eigenvalue weighted by atomic mass is 32.1. The maximum absolute atomic E-state index is 12.6. The van der Waals surface area contributed by atoms with Gasteiger partial charge >= 0.3 is 6.18 Å². The Balaban J connectivity index is 2.83. The molecule has 0 saturated heterocycles. The van der Waals surface area contributed by atoms with Crippen molar-refractivity contribution in [2.45, 2.75) is 12.6 Å². The predicted molar refractivity (Wildman–Crippen MR) is 79.0 cm³/mol. The third kappa shape index (κ3) is 4.97. The molecule has 0 radical (unpaired) electrons. The lowest BCUT2D eigenvalue weighted by Gasteiger charge is -2.15. The first-order valence-corrected chi connectivity index (χ1v) is 6.52. The van der Waals surface area contributed by atoms with Crippen LogP contribution in [0.2, 0.25) is 0 Å². The van der Waals surface area contributed by atoms with Crippen LogP contribution >= 0.6 is 12.2 Å². The molecule has 0 bridgehead atoms. The van der Waals surface area contributed by atoms with Crippen LogP contribution in [-0.4, -0.2) is 37.1 Å². The highest BCUT2D eigenvalue weighted by Crippen LogP contribution is 2.31. The van der Waals surface area contributed by atoms with E-state index in [2.05, 4.69) is 5.32 Å². The number of alkyl halides is 3. The van der Waals surface area contributed by atoms with Crippen LogP contribution in [0.1, 0.15) is 17.5 Å². The quantitative estimate of drug-likeness (QED) is 0.626. The van der Waals surface area contributed by atoms with Crippen LogP contribution in [0, 0.1) is 0 Å². The van der Waals surface area contributed by atoms with Crippen LogP contribution < -0.4 is 11.1 Å². The van der Waals surface area contributed by atoms with Crippen LogP contribution in [0.3, 0.4) is 0 Å². The molecule has 1 aromatic carbocycles. The van der Waals surface area contributed by atoms with Gasteiger partial charge in [0.15, 0.2) is 0 Å². The number of hydrogen-bond donors (Lipinski definition) is 2. The second-order valence-electron chi connectivity index (χ2n) is 4.71. The Hall–Kier alpha value is -1.34. The molecule has 0 heterocycles. The molecule has 0 atom stereocenters. The number of thiocarbonyl (C=S) groups is 1. The minimum atomic E-state index is -4.40. The first kappa shape index (κ1) is 16.7. The number of nitrogens with one attached hydrogen (secondary N) is 1. The van der Waals surface area contributed by atoms with Crippen molar-refractivity contribution in [3.05, 3.63) is 29.3 Å². The molecular weight excluding hydrogens is 287 g/mol. The monoisotopic (exact) mass is 305 g/mol. The van der Waals surface area contributed by atoms with Gasteiger partial charge in [0.25, 0.3) is 0 Å². The van der Waals surface area contributed by atoms with E-state index >= 15 is 0 Å². The van der Waals surface area contributed by atoms with Crippen molar-refractivity contribution in [3.8, 4) is 0 Å². The van der Waals surface area contributed by atoms with Gasteiger partial charge in [0.2, 0.25) is 0 Å². The number of rotatable bonds is 6. The molecule has 20 heavy (non-hydrogen) atoms. The van der Waals surface area contributed by atoms with E-state index in [-0.39, 0.29) is 10.6 Å². The van der Waals surface area contributed by atoms with Crippen molar-refractivity contribution in [1.82, 2.24) is 4.90 Å². The van der Waals surface area contributed by atoms with E-state index in [1.54, 1.807) is 0 Å². The van der Waals surface area contributed by atoms with Crippen molar-refractivity contribution in [3.63, 3.8) is 0 Å². The van der Waals surface area contributed by atoms with Gasteiger partial charge in [-0.05, 0) is 45.3 Å². The topological polar surface area (TPSA) is 41.3 Å². The van der Waals surface area contributed by atoms with Crippen molar-refractivity contribution >= 4 is 22.9 Å². The maximum atomic E-state index is 12.6. The summed E-state index contributed by atoms with van der Waals surface area (Å²) >= 11 is 4.81. The molecule has 3 N–H and O–H groups in total. The second kappa shape index (κ2) is 6.90. The molecule has 112 valence electrons. The number of nitrogens with zero attached hydrogens (tertiary/aromatic N) is 1. The normalized spacial score (nSPS) is 11.7. The van der Waals surface area contributed by atoms with Gasteiger partial charge in [-0.2, -0.15) is 13.2 Å². The smallest absolute Gasteiger partial charge is 0.389 e. The molecule has 0 aliphatic carbocycles. The number of benzene rings is 1. The van der Waals surface area contributed by atoms with E-state index in [0.717, 1.165) is 25.1 Å². The third-order valence-corrected chi connectivity index (χ3v) is 2.93. The van der Waals surface area contributed by atoms with Gasteiger partial charge in [-0.15, -0.1) is 0 Å². The lowest BCUT2D eigenvalue weighted by molar-refractivity contribution is -0.137. The predicted octanol–water partition coefficient (Wildman–Crippen LogP) is 2.70. The summed E-state index contributed by atoms with van der Waals surface area (Å²) in [5.74, 6) is 0. The van der Waals surface area contributed by atoms with Crippen molar-refractivity contribution in [1.29, 1.82) is 0 Å². The Morgan fingerprint density at radius 1 is 1.35 bits per heavy atom. The van der Waals surface area contributed by atoms with E-state index in [4.69, 9.17) is 18.0 Å². The fourth-order valence-electron chi connectivity index (χ4n) is 1.70. The zero-order valence-corrected chi connectivity index (χ0v) is 12.2. The Morgan fingerprint density at radius 3 is 2.50 bits per heavy atom. The molecule has 0 amide bonds. The van der Waals surface area contributed by atoms with Gasteiger partial charge in [0, 0.05) is 17.8 Å². The molecule has 3 nitrogen and oxygen atoms in total. The average molecular weight is 305 g/mol. The van der Waals surface area contributed by atoms with E-state index in [0.29, 0.717) is 12.2 Å². The molecule has 0 unspecified atom stereocenters. The lowest BCUT2D eigenvalue weighted by Crippen LogP contribution is -2.19. The highest BCUT2D eigenvalue weighted by molar-refractivity contribution is 7.80. The van der Waals surface area contributed by atoms with Gasteiger partial charge in [-0.25, -0.2) is 0 Å². The number of hydrogen-bond acceptors (Lipinski definition) is 3. The molecule has 1 rings (SSSR count). The zero-order valence-electron chi connectivity index (χ0n) is 11.4. The SMILES string of the molecule is CN(C)CCCNc1ccc(C(F)(F)F)cc1C(N)=S. The molecular formula is C13H18F3N3S. The minimum absolute atomic E-state index is 0.0498. The summed E-state index contributed by atoms with van der Waals surface area (Å²) in [7, 11) is 3.91. The molecule has 0 fully saturated rings. The molecule has 7 heteroatoms. The second-order valence-corrected chi connectivity index (χ2v) is 5.15. The molecule has 0 aliphatic heterocycles. The Morgan fingerprint density at radius 2 is 2.00 bits per heavy atom. The summed E-state index contributed by atoms with van der Waals surface area (Å²) in [6.07, 6.45) is -3.53. The van der Waals surface area contributed by atoms with Gasteiger partial charge in [0.05, 0.1) is 5.56 Å². The Labute approximate surface area is 121 Å². The number of nitrogens with two attached hydrogens (primary N) is 1. The molecule has 1 aromatic rings. The third-order valence-electron chi connectivity index (χ3n) is 2.71. The Bertz CT molecular complexity index is 472. The maximum Gasteiger partial charge on any atom is 0.416 e. The van der Waals surface area contributed by atoms with Crippen LogP contribution in [0.4, 0.5) is 18.9 Å². The van der Waals surface area contributed by atoms with Crippen LogP contribution in [0.15, 0.2) is 18.2 Å². The zero-order chi connectivity index (χ0) is 15.3. The molecule has 0 aromatic heterocycles. The van der Waals surface area contributed by atoms with Gasteiger partial charge < -0.3 is 16.0 Å². The van der Waals surface area contributed by atoms with E-state index in [9.17, 15) is 13.2 Å². The van der Waals surface area contributed by atoms with Crippen molar-refractivity contribution in [2.24, 2.45) is 5.73 Å². The average Bonchev–Trinajstić information content (AvgIpc) is 2.33. The standard InChI is InChI=1S/C13H18F3N3S/c1-19(2)7-3-6-18-11-5-4-9(13(14,15)16)8-10(11)12(17)20/h4-5,8,18H,3,6-7H2,1-2H3,(H2,17,20). The number of halogens is 3. The van der Waals surface area contributed by atoms with Gasteiger partial charge in [-0.3, -0.25) is 0 Å². The van der Waals surface area contributed by atoms with E-state index in [1.165, 1.54) is 6.07 Å². The summed E-state index contributed by atoms with van der Waals surface area (Å²) in [4.78, 5) is 1.98. The number of anilines is 1. The molecule has 0 saturated carbocycles. The van der Waals surface area contributed by atoms with Crippen molar-refractivity contribution in [2.75, 3.05) is 32.5 Å².